The van der Waals surface area contributed by atoms with Gasteiger partial charge in [0.1, 0.15) is 12.4 Å². The van der Waals surface area contributed by atoms with Gasteiger partial charge in [-0.25, -0.2) is 0 Å². The fourth-order valence-electron chi connectivity index (χ4n) is 5.60. The Morgan fingerprint density at radius 2 is 1.57 bits per heavy atom. The van der Waals surface area contributed by atoms with E-state index >= 15 is 0 Å². The van der Waals surface area contributed by atoms with E-state index in [2.05, 4.69) is 16.8 Å². The number of likely N-dealkylation sites (N-methyl/N-ethyl adjacent to an activating group) is 1. The number of hydrogen-bond acceptors (Lipinski definition) is 7. The van der Waals surface area contributed by atoms with Crippen LogP contribution < -0.4 is 23.7 Å². The monoisotopic (exact) mass is 512 g/mol. The number of benzene rings is 2. The molecule has 8 heteroatoms. The summed E-state index contributed by atoms with van der Waals surface area (Å²) in [4.78, 5) is 17.8. The number of rotatable bonds is 10. The Balaban J connectivity index is 1.33. The highest BCUT2D eigenvalue weighted by molar-refractivity contribution is 5.80. The van der Waals surface area contributed by atoms with Crippen LogP contribution in [0, 0.1) is 0 Å². The predicted molar refractivity (Wildman–Crippen MR) is 142 cm³/mol. The zero-order chi connectivity index (χ0) is 26.4. The van der Waals surface area contributed by atoms with E-state index in [1.807, 2.05) is 30.3 Å². The van der Waals surface area contributed by atoms with Crippen molar-refractivity contribution in [2.45, 2.75) is 50.6 Å². The standard InChI is InChI=1S/C29H40N2O6/c1-30(13-14-37-24-9-10-25(33-2)28(19-24)36-5)22-7-6-8-23(18-22)31-12-11-20-15-26(34-3)27(35-4)16-21(20)17-29(31)32/h9-10,15-16,19,22-23H,6-8,11-14,17-18H2,1-5H3. The van der Waals surface area contributed by atoms with Gasteiger partial charge in [-0.15, -0.1) is 0 Å². The normalized spacial score (nSPS) is 19.7. The van der Waals surface area contributed by atoms with Crippen molar-refractivity contribution in [3.8, 4) is 28.7 Å². The first-order valence-electron chi connectivity index (χ1n) is 13.1. The number of nitrogens with zero attached hydrogens (tertiary/aromatic N) is 2. The first-order valence-corrected chi connectivity index (χ1v) is 13.1. The molecule has 2 unspecified atom stereocenters. The molecule has 2 aromatic carbocycles. The maximum Gasteiger partial charge on any atom is 0.227 e. The van der Waals surface area contributed by atoms with E-state index in [0.29, 0.717) is 36.3 Å². The number of carbonyl (C=O) groups excluding carboxylic acids is 1. The quantitative estimate of drug-likeness (QED) is 0.477. The number of ether oxygens (including phenoxy) is 5. The minimum Gasteiger partial charge on any atom is -0.493 e. The summed E-state index contributed by atoms with van der Waals surface area (Å²) in [7, 11) is 8.68. The lowest BCUT2D eigenvalue weighted by molar-refractivity contribution is -0.133. The third-order valence-electron chi connectivity index (χ3n) is 7.74. The van der Waals surface area contributed by atoms with Crippen LogP contribution >= 0.6 is 0 Å². The van der Waals surface area contributed by atoms with Gasteiger partial charge in [-0.2, -0.15) is 0 Å². The van der Waals surface area contributed by atoms with Crippen molar-refractivity contribution >= 4 is 5.91 Å². The molecule has 0 spiro atoms. The minimum absolute atomic E-state index is 0.205. The van der Waals surface area contributed by atoms with Crippen molar-refractivity contribution in [1.29, 1.82) is 0 Å². The van der Waals surface area contributed by atoms with Crippen molar-refractivity contribution in [3.05, 3.63) is 41.5 Å². The average molecular weight is 513 g/mol. The molecule has 0 aromatic heterocycles. The second kappa shape index (κ2) is 12.4. The largest absolute Gasteiger partial charge is 0.493 e. The summed E-state index contributed by atoms with van der Waals surface area (Å²) in [5.41, 5.74) is 2.22. The summed E-state index contributed by atoms with van der Waals surface area (Å²) in [6.45, 7) is 2.13. The van der Waals surface area contributed by atoms with Gasteiger partial charge in [0.15, 0.2) is 23.0 Å². The summed E-state index contributed by atoms with van der Waals surface area (Å²) in [6.07, 6.45) is 5.54. The third-order valence-corrected chi connectivity index (χ3v) is 7.74. The van der Waals surface area contributed by atoms with Gasteiger partial charge < -0.3 is 28.6 Å². The molecule has 2 aromatic rings. The van der Waals surface area contributed by atoms with Crippen molar-refractivity contribution in [1.82, 2.24) is 9.80 Å². The van der Waals surface area contributed by atoms with Crippen molar-refractivity contribution in [2.24, 2.45) is 0 Å². The van der Waals surface area contributed by atoms with Gasteiger partial charge in [-0.3, -0.25) is 9.69 Å². The SMILES string of the molecule is COc1ccc(OCCN(C)C2CCCC(N3CCc4cc(OC)c(OC)cc4CC3=O)C2)cc1OC. The van der Waals surface area contributed by atoms with Crippen LogP contribution in [0.25, 0.3) is 0 Å². The molecule has 1 heterocycles. The topological polar surface area (TPSA) is 69.7 Å². The van der Waals surface area contributed by atoms with Crippen molar-refractivity contribution in [2.75, 3.05) is 55.2 Å². The summed E-state index contributed by atoms with van der Waals surface area (Å²) >= 11 is 0. The van der Waals surface area contributed by atoms with Crippen LogP contribution in [0.2, 0.25) is 0 Å². The average Bonchev–Trinajstić information content (AvgIpc) is 3.09. The molecule has 0 N–H and O–H groups in total. The Bertz CT molecular complexity index is 1070. The maximum atomic E-state index is 13.3. The Kier molecular flexibility index (Phi) is 9.03. The first-order chi connectivity index (χ1) is 18.0. The number of methoxy groups -OCH3 is 4. The third kappa shape index (κ3) is 6.24. The molecular weight excluding hydrogens is 472 g/mol. The zero-order valence-corrected chi connectivity index (χ0v) is 22.7. The molecule has 0 saturated heterocycles. The van der Waals surface area contributed by atoms with Gasteiger partial charge in [0.2, 0.25) is 5.91 Å². The molecule has 2 aliphatic rings. The molecule has 202 valence electrons. The van der Waals surface area contributed by atoms with E-state index < -0.39 is 0 Å². The molecule has 0 radical (unpaired) electrons. The van der Waals surface area contributed by atoms with Gasteiger partial charge >= 0.3 is 0 Å². The maximum absolute atomic E-state index is 13.3. The van der Waals surface area contributed by atoms with Crippen LogP contribution in [0.4, 0.5) is 0 Å². The molecule has 1 fully saturated rings. The highest BCUT2D eigenvalue weighted by atomic mass is 16.5. The fourth-order valence-corrected chi connectivity index (χ4v) is 5.60. The lowest BCUT2D eigenvalue weighted by Gasteiger charge is -2.40. The Labute approximate surface area is 220 Å². The smallest absolute Gasteiger partial charge is 0.227 e. The van der Waals surface area contributed by atoms with Gasteiger partial charge in [0.05, 0.1) is 34.9 Å². The Morgan fingerprint density at radius 3 is 2.27 bits per heavy atom. The molecule has 1 aliphatic heterocycles. The fraction of sp³-hybridized carbons (Fsp3) is 0.552. The Hall–Kier alpha value is -3.13. The molecule has 1 amide bonds. The number of amides is 1. The summed E-state index contributed by atoms with van der Waals surface area (Å²) in [5, 5.41) is 0. The minimum atomic E-state index is 0.205. The van der Waals surface area contributed by atoms with Gasteiger partial charge in [0.25, 0.3) is 0 Å². The van der Waals surface area contributed by atoms with E-state index in [1.165, 1.54) is 5.56 Å². The molecule has 2 atom stereocenters. The number of hydrogen-bond donors (Lipinski definition) is 0. The predicted octanol–water partition coefficient (Wildman–Crippen LogP) is 3.97. The molecule has 4 rings (SSSR count). The van der Waals surface area contributed by atoms with E-state index in [0.717, 1.165) is 62.3 Å². The zero-order valence-electron chi connectivity index (χ0n) is 22.7. The van der Waals surface area contributed by atoms with Crippen LogP contribution in [-0.4, -0.2) is 83.0 Å². The van der Waals surface area contributed by atoms with Crippen molar-refractivity contribution < 1.29 is 28.5 Å². The van der Waals surface area contributed by atoms with Crippen LogP contribution in [0.3, 0.4) is 0 Å². The lowest BCUT2D eigenvalue weighted by Crippen LogP contribution is -2.48. The molecule has 37 heavy (non-hydrogen) atoms. The lowest BCUT2D eigenvalue weighted by atomic mass is 9.89. The molecular formula is C29H40N2O6. The van der Waals surface area contributed by atoms with Gasteiger partial charge in [0, 0.05) is 31.2 Å². The van der Waals surface area contributed by atoms with Gasteiger partial charge in [-0.1, -0.05) is 0 Å². The second-order valence-corrected chi connectivity index (χ2v) is 9.81. The van der Waals surface area contributed by atoms with Crippen LogP contribution in [-0.2, 0) is 17.6 Å². The Morgan fingerprint density at radius 1 is 0.892 bits per heavy atom. The number of fused-ring (bicyclic) bond motifs is 1. The van der Waals surface area contributed by atoms with Crippen LogP contribution in [0.15, 0.2) is 30.3 Å². The van der Waals surface area contributed by atoms with E-state index in [4.69, 9.17) is 23.7 Å². The van der Waals surface area contributed by atoms with Gasteiger partial charge in [-0.05, 0) is 74.5 Å². The van der Waals surface area contributed by atoms with E-state index in [1.54, 1.807) is 28.4 Å². The highest BCUT2D eigenvalue weighted by Gasteiger charge is 2.33. The molecule has 1 saturated carbocycles. The molecule has 8 nitrogen and oxygen atoms in total. The second-order valence-electron chi connectivity index (χ2n) is 9.81. The van der Waals surface area contributed by atoms with E-state index in [-0.39, 0.29) is 11.9 Å². The van der Waals surface area contributed by atoms with Crippen LogP contribution in [0.5, 0.6) is 28.7 Å². The number of carbonyl (C=O) groups is 1. The van der Waals surface area contributed by atoms with Crippen molar-refractivity contribution in [3.63, 3.8) is 0 Å². The molecule has 1 aliphatic carbocycles. The van der Waals surface area contributed by atoms with Crippen LogP contribution in [0.1, 0.15) is 36.8 Å². The summed E-state index contributed by atoms with van der Waals surface area (Å²) < 4.78 is 27.6. The molecule has 0 bridgehead atoms. The summed E-state index contributed by atoms with van der Waals surface area (Å²) in [5.74, 6) is 3.70. The highest BCUT2D eigenvalue weighted by Crippen LogP contribution is 2.34. The first kappa shape index (κ1) is 26.9. The summed E-state index contributed by atoms with van der Waals surface area (Å²) in [6, 6.07) is 10.3. The van der Waals surface area contributed by atoms with E-state index in [9.17, 15) is 4.79 Å².